The first-order valence-corrected chi connectivity index (χ1v) is 14.0. The van der Waals surface area contributed by atoms with Crippen molar-refractivity contribution < 1.29 is 23.7 Å². The minimum absolute atomic E-state index is 0.118. The lowest BCUT2D eigenvalue weighted by Crippen LogP contribution is -2.49. The molecule has 0 aromatic heterocycles. The van der Waals surface area contributed by atoms with Crippen molar-refractivity contribution in [2.24, 2.45) is 5.92 Å². The SMILES string of the molecule is CCCN(CC1C[C@H]2CC[C@@H](C1)N2C(=O)c1ccc(OC)c(OC)c1)C1Cc2c(OC)ccc(OC)c2C1. The maximum absolute atomic E-state index is 13.6. The molecule has 2 aliphatic heterocycles. The van der Waals surface area contributed by atoms with E-state index < -0.39 is 0 Å². The fourth-order valence-corrected chi connectivity index (χ4v) is 7.21. The van der Waals surface area contributed by atoms with Gasteiger partial charge in [-0.2, -0.15) is 0 Å². The van der Waals surface area contributed by atoms with Gasteiger partial charge in [-0.1, -0.05) is 6.92 Å². The van der Waals surface area contributed by atoms with Crippen LogP contribution in [0, 0.1) is 5.92 Å². The smallest absolute Gasteiger partial charge is 0.254 e. The Hall–Kier alpha value is -2.93. The predicted octanol–water partition coefficient (Wildman–Crippen LogP) is 4.98. The van der Waals surface area contributed by atoms with Crippen LogP contribution in [0.15, 0.2) is 30.3 Å². The zero-order chi connectivity index (χ0) is 26.8. The van der Waals surface area contributed by atoms with Crippen molar-refractivity contribution in [1.82, 2.24) is 9.80 Å². The molecule has 2 heterocycles. The maximum Gasteiger partial charge on any atom is 0.254 e. The van der Waals surface area contributed by atoms with Gasteiger partial charge in [-0.25, -0.2) is 0 Å². The second-order valence-corrected chi connectivity index (χ2v) is 11.0. The van der Waals surface area contributed by atoms with Crippen LogP contribution in [0.1, 0.15) is 60.5 Å². The van der Waals surface area contributed by atoms with Crippen molar-refractivity contribution in [3.05, 3.63) is 47.0 Å². The van der Waals surface area contributed by atoms with E-state index in [1.165, 1.54) is 11.1 Å². The van der Waals surface area contributed by atoms with Crippen molar-refractivity contribution in [2.45, 2.75) is 70.0 Å². The molecule has 2 bridgehead atoms. The Morgan fingerprint density at radius 2 is 1.39 bits per heavy atom. The molecule has 0 spiro atoms. The van der Waals surface area contributed by atoms with E-state index in [1.807, 2.05) is 30.3 Å². The van der Waals surface area contributed by atoms with Crippen LogP contribution >= 0.6 is 0 Å². The van der Waals surface area contributed by atoms with Crippen molar-refractivity contribution in [3.63, 3.8) is 0 Å². The van der Waals surface area contributed by atoms with Crippen LogP contribution in [0.3, 0.4) is 0 Å². The third-order valence-corrected chi connectivity index (χ3v) is 8.88. The second-order valence-electron chi connectivity index (χ2n) is 11.0. The first kappa shape index (κ1) is 26.7. The van der Waals surface area contributed by atoms with Crippen molar-refractivity contribution in [3.8, 4) is 23.0 Å². The zero-order valence-corrected chi connectivity index (χ0v) is 23.5. The van der Waals surface area contributed by atoms with E-state index in [1.54, 1.807) is 28.4 Å². The van der Waals surface area contributed by atoms with E-state index in [0.29, 0.717) is 41.1 Å². The molecule has 1 amide bonds. The Morgan fingerprint density at radius 1 is 0.842 bits per heavy atom. The normalized spacial score (nSPS) is 22.5. The molecule has 2 aromatic rings. The topological polar surface area (TPSA) is 60.5 Å². The van der Waals surface area contributed by atoms with E-state index in [9.17, 15) is 4.79 Å². The van der Waals surface area contributed by atoms with E-state index >= 15 is 0 Å². The molecule has 2 fully saturated rings. The Balaban J connectivity index is 1.28. The molecule has 3 aliphatic rings. The Bertz CT molecular complexity index is 1100. The summed E-state index contributed by atoms with van der Waals surface area (Å²) in [5, 5.41) is 0. The Morgan fingerprint density at radius 3 is 1.92 bits per heavy atom. The molecule has 5 rings (SSSR count). The molecule has 0 radical (unpaired) electrons. The molecule has 1 aliphatic carbocycles. The van der Waals surface area contributed by atoms with Crippen LogP contribution in [0.2, 0.25) is 0 Å². The van der Waals surface area contributed by atoms with E-state index in [-0.39, 0.29) is 5.91 Å². The summed E-state index contributed by atoms with van der Waals surface area (Å²) in [4.78, 5) is 18.5. The molecule has 7 nitrogen and oxygen atoms in total. The molecule has 2 saturated heterocycles. The number of rotatable bonds is 10. The molecule has 3 atom stereocenters. The highest BCUT2D eigenvalue weighted by Crippen LogP contribution is 2.42. The van der Waals surface area contributed by atoms with E-state index in [0.717, 1.165) is 69.5 Å². The van der Waals surface area contributed by atoms with Crippen molar-refractivity contribution in [1.29, 1.82) is 0 Å². The van der Waals surface area contributed by atoms with Gasteiger partial charge in [0.2, 0.25) is 0 Å². The lowest BCUT2D eigenvalue weighted by molar-refractivity contribution is 0.0455. The highest BCUT2D eigenvalue weighted by Gasteiger charge is 2.44. The molecule has 7 heteroatoms. The van der Waals surface area contributed by atoms with Gasteiger partial charge in [0.25, 0.3) is 5.91 Å². The van der Waals surface area contributed by atoms with Gasteiger partial charge in [0.1, 0.15) is 11.5 Å². The second kappa shape index (κ2) is 11.4. The third-order valence-electron chi connectivity index (χ3n) is 8.88. The average molecular weight is 523 g/mol. The molecule has 0 saturated carbocycles. The Labute approximate surface area is 227 Å². The van der Waals surface area contributed by atoms with Crippen LogP contribution in [0.5, 0.6) is 23.0 Å². The first-order valence-electron chi connectivity index (χ1n) is 14.0. The van der Waals surface area contributed by atoms with Crippen LogP contribution in [0.25, 0.3) is 0 Å². The number of ether oxygens (including phenoxy) is 4. The molecule has 1 unspecified atom stereocenters. The summed E-state index contributed by atoms with van der Waals surface area (Å²) in [6, 6.07) is 10.6. The number of nitrogens with zero attached hydrogens (tertiary/aromatic N) is 2. The van der Waals surface area contributed by atoms with Crippen molar-refractivity contribution in [2.75, 3.05) is 41.5 Å². The van der Waals surface area contributed by atoms with Gasteiger partial charge in [-0.15, -0.1) is 0 Å². The van der Waals surface area contributed by atoms with Crippen LogP contribution in [-0.4, -0.2) is 75.4 Å². The predicted molar refractivity (Wildman–Crippen MR) is 148 cm³/mol. The first-order chi connectivity index (χ1) is 18.5. The molecular weight excluding hydrogens is 480 g/mol. The number of piperidine rings is 1. The summed E-state index contributed by atoms with van der Waals surface area (Å²) in [6.07, 6.45) is 7.46. The van der Waals surface area contributed by atoms with Crippen molar-refractivity contribution >= 4 is 5.91 Å². The van der Waals surface area contributed by atoms with Crippen LogP contribution < -0.4 is 18.9 Å². The summed E-state index contributed by atoms with van der Waals surface area (Å²) in [7, 11) is 6.74. The fourth-order valence-electron chi connectivity index (χ4n) is 7.21. The monoisotopic (exact) mass is 522 g/mol. The van der Waals surface area contributed by atoms with Gasteiger partial charge in [0.05, 0.1) is 28.4 Å². The van der Waals surface area contributed by atoms with E-state index in [4.69, 9.17) is 18.9 Å². The molecule has 0 N–H and O–H groups in total. The highest BCUT2D eigenvalue weighted by molar-refractivity contribution is 5.95. The largest absolute Gasteiger partial charge is 0.496 e. The quantitative estimate of drug-likeness (QED) is 0.439. The van der Waals surface area contributed by atoms with E-state index in [2.05, 4.69) is 16.7 Å². The zero-order valence-electron chi connectivity index (χ0n) is 23.5. The van der Waals surface area contributed by atoms with Gasteiger partial charge in [0.15, 0.2) is 11.5 Å². The lowest BCUT2D eigenvalue weighted by atomic mass is 9.89. The molecular formula is C31H42N2O5. The third kappa shape index (κ3) is 4.93. The summed E-state index contributed by atoms with van der Waals surface area (Å²) in [5.41, 5.74) is 3.28. The molecule has 38 heavy (non-hydrogen) atoms. The van der Waals surface area contributed by atoms with Crippen LogP contribution in [-0.2, 0) is 12.8 Å². The minimum Gasteiger partial charge on any atom is -0.496 e. The Kier molecular flexibility index (Phi) is 8.03. The summed E-state index contributed by atoms with van der Waals surface area (Å²) in [6.45, 7) is 4.44. The number of benzene rings is 2. The van der Waals surface area contributed by atoms with Gasteiger partial charge in [-0.3, -0.25) is 9.69 Å². The summed E-state index contributed by atoms with van der Waals surface area (Å²) < 4.78 is 22.2. The number of methoxy groups -OCH3 is 4. The minimum atomic E-state index is 0.118. The molecule has 206 valence electrons. The van der Waals surface area contributed by atoms with Gasteiger partial charge < -0.3 is 23.8 Å². The number of carbonyl (C=O) groups excluding carboxylic acids is 1. The molecule has 2 aromatic carbocycles. The number of hydrogen-bond acceptors (Lipinski definition) is 6. The number of carbonyl (C=O) groups is 1. The van der Waals surface area contributed by atoms with Gasteiger partial charge >= 0.3 is 0 Å². The standard InChI is InChI=1S/C31H42N2O5/c1-6-13-32(24-17-25-26(18-24)28(36-3)12-11-27(25)35-2)19-20-14-22-8-9-23(15-20)33(22)31(34)21-7-10-29(37-4)30(16-21)38-5/h7,10-12,16,20,22-24H,6,8-9,13-15,17-19H2,1-5H3/t20?,22-,23+. The summed E-state index contributed by atoms with van der Waals surface area (Å²) in [5.74, 6) is 3.90. The number of amides is 1. The number of hydrogen-bond donors (Lipinski definition) is 0. The fraction of sp³-hybridized carbons (Fsp3) is 0.581. The highest BCUT2D eigenvalue weighted by atomic mass is 16.5. The lowest BCUT2D eigenvalue weighted by Gasteiger charge is -2.41. The maximum atomic E-state index is 13.6. The average Bonchev–Trinajstić information content (AvgIpc) is 3.50. The van der Waals surface area contributed by atoms with Gasteiger partial charge in [0, 0.05) is 41.4 Å². The van der Waals surface area contributed by atoms with Gasteiger partial charge in [-0.05, 0) is 87.7 Å². The van der Waals surface area contributed by atoms with Crippen LogP contribution in [0.4, 0.5) is 0 Å². The summed E-state index contributed by atoms with van der Waals surface area (Å²) >= 11 is 0. The number of fused-ring (bicyclic) bond motifs is 3.